The number of rotatable bonds is 2. The number of nitrogens with zero attached hydrogens (tertiary/aromatic N) is 2. The molecule has 3 aromatic rings. The minimum Gasteiger partial charge on any atom is -0.246 e. The monoisotopic (exact) mass is 285 g/mol. The zero-order valence-corrected chi connectivity index (χ0v) is 11.6. The predicted octanol–water partition coefficient (Wildman–Crippen LogP) is 3.19. The maximum atomic E-state index is 12.0. The molecule has 0 atom stereocenters. The Labute approximate surface area is 120 Å². The van der Waals surface area contributed by atoms with Crippen molar-refractivity contribution in [3.63, 3.8) is 0 Å². The van der Waals surface area contributed by atoms with Gasteiger partial charge in [-0.15, -0.1) is 0 Å². The van der Waals surface area contributed by atoms with Crippen LogP contribution in [0.25, 0.3) is 17.1 Å². The SMILES string of the molecule is Cc1ccccc1-c1n[nH]c(=O)n1-c1ccc(Cl)cc1. The van der Waals surface area contributed by atoms with Gasteiger partial charge in [0.15, 0.2) is 5.82 Å². The molecular formula is C15H12ClN3O. The first-order chi connectivity index (χ1) is 9.66. The zero-order valence-electron chi connectivity index (χ0n) is 10.8. The summed E-state index contributed by atoms with van der Waals surface area (Å²) in [6.07, 6.45) is 0. The van der Waals surface area contributed by atoms with Crippen molar-refractivity contribution >= 4 is 11.6 Å². The topological polar surface area (TPSA) is 50.7 Å². The fourth-order valence-corrected chi connectivity index (χ4v) is 2.26. The maximum Gasteiger partial charge on any atom is 0.348 e. The quantitative estimate of drug-likeness (QED) is 0.786. The molecule has 0 unspecified atom stereocenters. The van der Waals surface area contributed by atoms with Crippen molar-refractivity contribution in [3.05, 3.63) is 69.6 Å². The molecule has 4 nitrogen and oxygen atoms in total. The van der Waals surface area contributed by atoms with Crippen LogP contribution in [0.3, 0.4) is 0 Å². The lowest BCUT2D eigenvalue weighted by Crippen LogP contribution is -2.15. The Bertz CT molecular complexity index is 802. The van der Waals surface area contributed by atoms with E-state index in [1.54, 1.807) is 28.8 Å². The standard InChI is InChI=1S/C15H12ClN3O/c1-10-4-2-3-5-13(10)14-17-18-15(20)19(14)12-8-6-11(16)7-9-12/h2-9H,1H3,(H,18,20). The minimum absolute atomic E-state index is 0.273. The Hall–Kier alpha value is -2.33. The summed E-state index contributed by atoms with van der Waals surface area (Å²) in [6, 6.07) is 14.9. The average molecular weight is 286 g/mol. The fourth-order valence-electron chi connectivity index (χ4n) is 2.13. The number of halogens is 1. The molecule has 1 N–H and O–H groups in total. The van der Waals surface area contributed by atoms with E-state index >= 15 is 0 Å². The Kier molecular flexibility index (Phi) is 3.16. The molecule has 1 heterocycles. The zero-order chi connectivity index (χ0) is 14.1. The van der Waals surface area contributed by atoms with E-state index in [9.17, 15) is 4.79 Å². The van der Waals surface area contributed by atoms with E-state index in [1.165, 1.54) is 0 Å². The highest BCUT2D eigenvalue weighted by Crippen LogP contribution is 2.22. The smallest absolute Gasteiger partial charge is 0.246 e. The van der Waals surface area contributed by atoms with Crippen LogP contribution in [0.4, 0.5) is 0 Å². The summed E-state index contributed by atoms with van der Waals surface area (Å²) >= 11 is 5.88. The van der Waals surface area contributed by atoms with Gasteiger partial charge in [-0.25, -0.2) is 14.5 Å². The normalized spacial score (nSPS) is 10.7. The molecular weight excluding hydrogens is 274 g/mol. The van der Waals surface area contributed by atoms with E-state index in [2.05, 4.69) is 10.2 Å². The molecule has 0 fully saturated rings. The van der Waals surface area contributed by atoms with Gasteiger partial charge in [0.2, 0.25) is 0 Å². The molecule has 0 bridgehead atoms. The van der Waals surface area contributed by atoms with Gasteiger partial charge in [0.1, 0.15) is 0 Å². The average Bonchev–Trinajstić information content (AvgIpc) is 2.82. The minimum atomic E-state index is -0.273. The van der Waals surface area contributed by atoms with Gasteiger partial charge in [-0.2, -0.15) is 5.10 Å². The van der Waals surface area contributed by atoms with Crippen molar-refractivity contribution in [2.75, 3.05) is 0 Å². The van der Waals surface area contributed by atoms with Crippen LogP contribution >= 0.6 is 11.6 Å². The first-order valence-corrected chi connectivity index (χ1v) is 6.54. The van der Waals surface area contributed by atoms with Crippen molar-refractivity contribution in [3.8, 4) is 17.1 Å². The second-order valence-corrected chi connectivity index (χ2v) is 4.92. The second kappa shape index (κ2) is 4.98. The molecule has 3 rings (SSSR count). The van der Waals surface area contributed by atoms with E-state index in [0.29, 0.717) is 10.8 Å². The number of H-pyrrole nitrogens is 1. The molecule has 0 saturated heterocycles. The van der Waals surface area contributed by atoms with Gasteiger partial charge in [-0.1, -0.05) is 35.9 Å². The van der Waals surface area contributed by atoms with Crippen LogP contribution in [0, 0.1) is 6.92 Å². The van der Waals surface area contributed by atoms with E-state index in [0.717, 1.165) is 16.8 Å². The molecule has 0 spiro atoms. The van der Waals surface area contributed by atoms with Crippen LogP contribution in [-0.4, -0.2) is 14.8 Å². The Morgan fingerprint density at radius 2 is 1.80 bits per heavy atom. The maximum absolute atomic E-state index is 12.0. The van der Waals surface area contributed by atoms with Crippen LogP contribution in [0.2, 0.25) is 5.02 Å². The summed E-state index contributed by atoms with van der Waals surface area (Å²) in [7, 11) is 0. The van der Waals surface area contributed by atoms with E-state index in [4.69, 9.17) is 11.6 Å². The number of hydrogen-bond donors (Lipinski definition) is 1. The Morgan fingerprint density at radius 3 is 2.50 bits per heavy atom. The van der Waals surface area contributed by atoms with Gasteiger partial charge in [-0.05, 0) is 36.8 Å². The summed E-state index contributed by atoms with van der Waals surface area (Å²) in [5, 5.41) is 7.27. The number of aryl methyl sites for hydroxylation is 1. The molecule has 0 amide bonds. The van der Waals surface area contributed by atoms with Crippen molar-refractivity contribution in [1.29, 1.82) is 0 Å². The summed E-state index contributed by atoms with van der Waals surface area (Å²) in [5.74, 6) is 0.593. The molecule has 2 aromatic carbocycles. The van der Waals surface area contributed by atoms with Crippen molar-refractivity contribution in [2.24, 2.45) is 0 Å². The van der Waals surface area contributed by atoms with Crippen molar-refractivity contribution < 1.29 is 0 Å². The van der Waals surface area contributed by atoms with Gasteiger partial charge in [0, 0.05) is 10.6 Å². The highest BCUT2D eigenvalue weighted by atomic mass is 35.5. The van der Waals surface area contributed by atoms with Crippen molar-refractivity contribution in [1.82, 2.24) is 14.8 Å². The first kappa shape index (κ1) is 12.7. The van der Waals surface area contributed by atoms with Gasteiger partial charge < -0.3 is 0 Å². The lowest BCUT2D eigenvalue weighted by molar-refractivity contribution is 0.985. The summed E-state index contributed by atoms with van der Waals surface area (Å²) in [5.41, 5.74) is 2.43. The van der Waals surface area contributed by atoms with Gasteiger partial charge in [-0.3, -0.25) is 0 Å². The van der Waals surface area contributed by atoms with Crippen LogP contribution in [0.15, 0.2) is 53.3 Å². The van der Waals surface area contributed by atoms with Crippen LogP contribution in [0.5, 0.6) is 0 Å². The number of aromatic amines is 1. The molecule has 20 heavy (non-hydrogen) atoms. The number of aromatic nitrogens is 3. The summed E-state index contributed by atoms with van der Waals surface area (Å²) in [4.78, 5) is 12.0. The lowest BCUT2D eigenvalue weighted by atomic mass is 10.1. The molecule has 0 aliphatic carbocycles. The predicted molar refractivity (Wildman–Crippen MR) is 79.4 cm³/mol. The Morgan fingerprint density at radius 1 is 1.10 bits per heavy atom. The molecule has 0 saturated carbocycles. The number of benzene rings is 2. The van der Waals surface area contributed by atoms with Crippen LogP contribution < -0.4 is 5.69 Å². The molecule has 0 aliphatic heterocycles. The van der Waals surface area contributed by atoms with E-state index < -0.39 is 0 Å². The Balaban J connectivity index is 2.23. The third-order valence-electron chi connectivity index (χ3n) is 3.14. The molecule has 0 radical (unpaired) electrons. The molecule has 1 aromatic heterocycles. The molecule has 100 valence electrons. The van der Waals surface area contributed by atoms with E-state index in [-0.39, 0.29) is 5.69 Å². The van der Waals surface area contributed by atoms with Crippen LogP contribution in [0.1, 0.15) is 5.56 Å². The number of nitrogens with one attached hydrogen (secondary N) is 1. The van der Waals surface area contributed by atoms with Crippen molar-refractivity contribution in [2.45, 2.75) is 6.92 Å². The van der Waals surface area contributed by atoms with Gasteiger partial charge in [0.25, 0.3) is 0 Å². The highest BCUT2D eigenvalue weighted by molar-refractivity contribution is 6.30. The van der Waals surface area contributed by atoms with Gasteiger partial charge >= 0.3 is 5.69 Å². The molecule has 0 aliphatic rings. The number of hydrogen-bond acceptors (Lipinski definition) is 2. The second-order valence-electron chi connectivity index (χ2n) is 4.48. The third kappa shape index (κ3) is 2.14. The largest absolute Gasteiger partial charge is 0.348 e. The first-order valence-electron chi connectivity index (χ1n) is 6.16. The lowest BCUT2D eigenvalue weighted by Gasteiger charge is -2.08. The summed E-state index contributed by atoms with van der Waals surface area (Å²) < 4.78 is 1.54. The molecule has 5 heteroatoms. The fraction of sp³-hybridized carbons (Fsp3) is 0.0667. The van der Waals surface area contributed by atoms with Gasteiger partial charge in [0.05, 0.1) is 5.69 Å². The van der Waals surface area contributed by atoms with E-state index in [1.807, 2.05) is 31.2 Å². The summed E-state index contributed by atoms with van der Waals surface area (Å²) in [6.45, 7) is 1.99. The van der Waals surface area contributed by atoms with Crippen LogP contribution in [-0.2, 0) is 0 Å². The third-order valence-corrected chi connectivity index (χ3v) is 3.40. The highest BCUT2D eigenvalue weighted by Gasteiger charge is 2.13.